The van der Waals surface area contributed by atoms with Gasteiger partial charge >= 0.3 is 0 Å². The van der Waals surface area contributed by atoms with E-state index in [4.69, 9.17) is 0 Å². The molecule has 1 aromatic rings. The van der Waals surface area contributed by atoms with Crippen LogP contribution in [0.15, 0.2) is 18.3 Å². The van der Waals surface area contributed by atoms with E-state index in [2.05, 4.69) is 20.5 Å². The topological polar surface area (TPSA) is 57.3 Å². The molecule has 0 aromatic carbocycles. The Bertz CT molecular complexity index is 367. The average Bonchev–Trinajstić information content (AvgIpc) is 2.38. The number of carbonyl (C=O) groups is 1. The predicted molar refractivity (Wildman–Crippen MR) is 68.8 cm³/mol. The first-order chi connectivity index (χ1) is 8.21. The minimum Gasteiger partial charge on any atom is -0.373 e. The minimum atomic E-state index is 0.0294. The third kappa shape index (κ3) is 4.03. The highest BCUT2D eigenvalue weighted by atomic mass is 16.1. The Kier molecular flexibility index (Phi) is 5.42. The molecule has 1 heterocycles. The van der Waals surface area contributed by atoms with Crippen LogP contribution in [0, 0.1) is 0 Å². The van der Waals surface area contributed by atoms with E-state index in [1.54, 1.807) is 13.2 Å². The molecule has 0 aliphatic carbocycles. The zero-order chi connectivity index (χ0) is 12.7. The van der Waals surface area contributed by atoms with Crippen LogP contribution < -0.4 is 10.6 Å². The van der Waals surface area contributed by atoms with Gasteiger partial charge in [0.1, 0.15) is 5.82 Å². The lowest BCUT2D eigenvalue weighted by Gasteiger charge is -2.20. The summed E-state index contributed by atoms with van der Waals surface area (Å²) >= 11 is 0. The van der Waals surface area contributed by atoms with Crippen molar-refractivity contribution in [3.8, 4) is 0 Å². The third-order valence-corrected chi connectivity index (χ3v) is 2.62. The SMILES string of the molecule is CCN(CC(=O)NC)Cc1cccnc1NC. The first-order valence-electron chi connectivity index (χ1n) is 5.75. The van der Waals surface area contributed by atoms with Crippen molar-refractivity contribution >= 4 is 11.7 Å². The van der Waals surface area contributed by atoms with E-state index < -0.39 is 0 Å². The molecule has 5 nitrogen and oxygen atoms in total. The molecule has 0 atom stereocenters. The molecule has 0 unspecified atom stereocenters. The first kappa shape index (κ1) is 13.4. The number of likely N-dealkylation sites (N-methyl/N-ethyl adjacent to an activating group) is 2. The van der Waals surface area contributed by atoms with Crippen LogP contribution in [0.3, 0.4) is 0 Å². The van der Waals surface area contributed by atoms with Crippen molar-refractivity contribution in [3.63, 3.8) is 0 Å². The lowest BCUT2D eigenvalue weighted by atomic mass is 10.2. The summed E-state index contributed by atoms with van der Waals surface area (Å²) in [6, 6.07) is 3.93. The summed E-state index contributed by atoms with van der Waals surface area (Å²) in [6.07, 6.45) is 1.75. The van der Waals surface area contributed by atoms with E-state index in [0.29, 0.717) is 13.1 Å². The molecular formula is C12H20N4O. The fourth-order valence-corrected chi connectivity index (χ4v) is 1.59. The molecule has 1 rings (SSSR count). The Balaban J connectivity index is 2.69. The molecule has 0 spiro atoms. The van der Waals surface area contributed by atoms with E-state index in [-0.39, 0.29) is 5.91 Å². The van der Waals surface area contributed by atoms with Crippen molar-refractivity contribution in [1.29, 1.82) is 0 Å². The smallest absolute Gasteiger partial charge is 0.233 e. The second-order valence-electron chi connectivity index (χ2n) is 3.74. The highest BCUT2D eigenvalue weighted by Gasteiger charge is 2.10. The van der Waals surface area contributed by atoms with Gasteiger partial charge in [0.05, 0.1) is 6.54 Å². The monoisotopic (exact) mass is 236 g/mol. The van der Waals surface area contributed by atoms with Crippen molar-refractivity contribution in [1.82, 2.24) is 15.2 Å². The van der Waals surface area contributed by atoms with Crippen LogP contribution in [0.2, 0.25) is 0 Å². The Morgan fingerprint density at radius 3 is 2.82 bits per heavy atom. The highest BCUT2D eigenvalue weighted by molar-refractivity contribution is 5.77. The molecule has 0 bridgehead atoms. The van der Waals surface area contributed by atoms with Crippen LogP contribution in [-0.4, -0.2) is 43.0 Å². The number of nitrogens with one attached hydrogen (secondary N) is 2. The van der Waals surface area contributed by atoms with E-state index in [1.807, 2.05) is 26.1 Å². The van der Waals surface area contributed by atoms with Gasteiger partial charge in [0, 0.05) is 32.4 Å². The van der Waals surface area contributed by atoms with Crippen molar-refractivity contribution < 1.29 is 4.79 Å². The van der Waals surface area contributed by atoms with Crippen molar-refractivity contribution in [3.05, 3.63) is 23.9 Å². The molecule has 0 aliphatic heterocycles. The minimum absolute atomic E-state index is 0.0294. The van der Waals surface area contributed by atoms with Crippen molar-refractivity contribution in [2.75, 3.05) is 32.5 Å². The predicted octanol–water partition coefficient (Wildman–Crippen LogP) is 0.691. The van der Waals surface area contributed by atoms with Gasteiger partial charge in [-0.25, -0.2) is 4.98 Å². The quantitative estimate of drug-likeness (QED) is 0.763. The number of hydrogen-bond donors (Lipinski definition) is 2. The molecular weight excluding hydrogens is 216 g/mol. The van der Waals surface area contributed by atoms with Gasteiger partial charge in [-0.1, -0.05) is 13.0 Å². The van der Waals surface area contributed by atoms with Crippen LogP contribution >= 0.6 is 0 Å². The zero-order valence-electron chi connectivity index (χ0n) is 10.7. The summed E-state index contributed by atoms with van der Waals surface area (Å²) in [6.45, 7) is 3.99. The molecule has 94 valence electrons. The van der Waals surface area contributed by atoms with Crippen molar-refractivity contribution in [2.24, 2.45) is 0 Å². The molecule has 0 saturated heterocycles. The zero-order valence-corrected chi connectivity index (χ0v) is 10.7. The molecule has 1 aromatic heterocycles. The highest BCUT2D eigenvalue weighted by Crippen LogP contribution is 2.13. The summed E-state index contributed by atoms with van der Waals surface area (Å²) in [5.74, 6) is 0.893. The number of anilines is 1. The van der Waals surface area contributed by atoms with Gasteiger partial charge in [-0.05, 0) is 12.6 Å². The fourth-order valence-electron chi connectivity index (χ4n) is 1.59. The summed E-state index contributed by atoms with van der Waals surface area (Å²) in [5, 5.41) is 5.69. The normalized spacial score (nSPS) is 10.4. The Morgan fingerprint density at radius 1 is 1.47 bits per heavy atom. The second kappa shape index (κ2) is 6.85. The number of carbonyl (C=O) groups excluding carboxylic acids is 1. The molecule has 5 heteroatoms. The number of aromatic nitrogens is 1. The van der Waals surface area contributed by atoms with E-state index >= 15 is 0 Å². The molecule has 0 aliphatic rings. The van der Waals surface area contributed by atoms with Crippen LogP contribution in [-0.2, 0) is 11.3 Å². The third-order valence-electron chi connectivity index (χ3n) is 2.62. The largest absolute Gasteiger partial charge is 0.373 e. The van der Waals surface area contributed by atoms with Gasteiger partial charge in [-0.2, -0.15) is 0 Å². The first-order valence-corrected chi connectivity index (χ1v) is 5.75. The number of pyridine rings is 1. The molecule has 17 heavy (non-hydrogen) atoms. The Morgan fingerprint density at radius 2 is 2.24 bits per heavy atom. The number of rotatable bonds is 6. The average molecular weight is 236 g/mol. The molecule has 1 amide bonds. The summed E-state index contributed by atoms with van der Waals surface area (Å²) in [4.78, 5) is 17.7. The lowest BCUT2D eigenvalue weighted by Crippen LogP contribution is -2.35. The van der Waals surface area contributed by atoms with Gasteiger partial charge in [-0.3, -0.25) is 9.69 Å². The molecule has 0 saturated carbocycles. The maximum Gasteiger partial charge on any atom is 0.233 e. The van der Waals surface area contributed by atoms with Gasteiger partial charge in [0.2, 0.25) is 5.91 Å². The fraction of sp³-hybridized carbons (Fsp3) is 0.500. The number of amides is 1. The Hall–Kier alpha value is -1.62. The van der Waals surface area contributed by atoms with Gasteiger partial charge in [0.15, 0.2) is 0 Å². The summed E-state index contributed by atoms with van der Waals surface area (Å²) in [7, 11) is 3.50. The maximum atomic E-state index is 11.3. The lowest BCUT2D eigenvalue weighted by molar-refractivity contribution is -0.121. The Labute approximate surface area is 102 Å². The van der Waals surface area contributed by atoms with E-state index in [0.717, 1.165) is 17.9 Å². The second-order valence-corrected chi connectivity index (χ2v) is 3.74. The van der Waals surface area contributed by atoms with Gasteiger partial charge in [0.25, 0.3) is 0 Å². The van der Waals surface area contributed by atoms with Crippen LogP contribution in [0.4, 0.5) is 5.82 Å². The molecule has 0 fully saturated rings. The standard InChI is InChI=1S/C12H20N4O/c1-4-16(9-11(17)13-2)8-10-6-5-7-15-12(10)14-3/h5-7H,4,8-9H2,1-3H3,(H,13,17)(H,14,15). The molecule has 0 radical (unpaired) electrons. The van der Waals surface area contributed by atoms with Crippen LogP contribution in [0.25, 0.3) is 0 Å². The van der Waals surface area contributed by atoms with E-state index in [1.165, 1.54) is 0 Å². The van der Waals surface area contributed by atoms with Crippen molar-refractivity contribution in [2.45, 2.75) is 13.5 Å². The number of hydrogen-bond acceptors (Lipinski definition) is 4. The van der Waals surface area contributed by atoms with Gasteiger partial charge < -0.3 is 10.6 Å². The molecule has 2 N–H and O–H groups in total. The summed E-state index contributed by atoms with van der Waals surface area (Å²) in [5.41, 5.74) is 1.10. The summed E-state index contributed by atoms with van der Waals surface area (Å²) < 4.78 is 0. The maximum absolute atomic E-state index is 11.3. The van der Waals surface area contributed by atoms with Gasteiger partial charge in [-0.15, -0.1) is 0 Å². The van der Waals surface area contributed by atoms with Crippen LogP contribution in [0.1, 0.15) is 12.5 Å². The van der Waals surface area contributed by atoms with E-state index in [9.17, 15) is 4.79 Å². The number of nitrogens with zero attached hydrogens (tertiary/aromatic N) is 2. The van der Waals surface area contributed by atoms with Crippen LogP contribution in [0.5, 0.6) is 0 Å².